The van der Waals surface area contributed by atoms with Crippen LogP contribution in [0, 0.1) is 5.41 Å². The first kappa shape index (κ1) is 16.1. The van der Waals surface area contributed by atoms with Crippen LogP contribution in [-0.2, 0) is 23.9 Å². The molecular formula is C13H18O5. The number of aldehydes is 1. The molecule has 0 fully saturated rings. The van der Waals surface area contributed by atoms with Gasteiger partial charge in [-0.2, -0.15) is 0 Å². The first-order valence-corrected chi connectivity index (χ1v) is 5.47. The predicted octanol–water partition coefficient (Wildman–Crippen LogP) is 1.43. The van der Waals surface area contributed by atoms with Crippen molar-refractivity contribution in [1.29, 1.82) is 0 Å². The number of rotatable bonds is 8. The zero-order valence-corrected chi connectivity index (χ0v) is 10.7. The van der Waals surface area contributed by atoms with Gasteiger partial charge in [0.25, 0.3) is 0 Å². The molecule has 0 saturated carbocycles. The molecular weight excluding hydrogens is 236 g/mol. The summed E-state index contributed by atoms with van der Waals surface area (Å²) >= 11 is 0. The summed E-state index contributed by atoms with van der Waals surface area (Å²) in [7, 11) is 2.43. The Morgan fingerprint density at radius 3 is 2.17 bits per heavy atom. The Morgan fingerprint density at radius 1 is 1.22 bits per heavy atom. The van der Waals surface area contributed by atoms with E-state index in [1.165, 1.54) is 26.4 Å². The highest BCUT2D eigenvalue weighted by atomic mass is 16.5. The van der Waals surface area contributed by atoms with E-state index in [4.69, 9.17) is 0 Å². The fourth-order valence-corrected chi connectivity index (χ4v) is 1.67. The largest absolute Gasteiger partial charge is 0.468 e. The van der Waals surface area contributed by atoms with Gasteiger partial charge in [0.2, 0.25) is 0 Å². The van der Waals surface area contributed by atoms with E-state index in [2.05, 4.69) is 16.1 Å². The van der Waals surface area contributed by atoms with Crippen LogP contribution in [0.3, 0.4) is 0 Å². The predicted molar refractivity (Wildman–Crippen MR) is 65.7 cm³/mol. The van der Waals surface area contributed by atoms with Gasteiger partial charge >= 0.3 is 11.9 Å². The second-order valence-corrected chi connectivity index (χ2v) is 3.66. The Morgan fingerprint density at radius 2 is 1.78 bits per heavy atom. The molecule has 0 bridgehead atoms. The van der Waals surface area contributed by atoms with Gasteiger partial charge in [-0.3, -0.25) is 14.4 Å². The summed E-state index contributed by atoms with van der Waals surface area (Å²) < 4.78 is 9.33. The molecule has 18 heavy (non-hydrogen) atoms. The number of hydrogen-bond acceptors (Lipinski definition) is 5. The fourth-order valence-electron chi connectivity index (χ4n) is 1.67. The number of carbonyl (C=O) groups is 3. The molecule has 5 heteroatoms. The molecule has 0 aromatic rings. The van der Waals surface area contributed by atoms with Gasteiger partial charge in [-0.1, -0.05) is 12.2 Å². The Hall–Kier alpha value is -1.91. The Bertz CT molecular complexity index is 327. The van der Waals surface area contributed by atoms with Crippen molar-refractivity contribution in [2.45, 2.75) is 19.3 Å². The van der Waals surface area contributed by atoms with Crippen LogP contribution in [0.15, 0.2) is 24.8 Å². The Balaban J connectivity index is 5.12. The number of carbonyl (C=O) groups excluding carboxylic acids is 3. The zero-order chi connectivity index (χ0) is 14.0. The number of methoxy groups -OCH3 is 2. The number of ether oxygens (including phenoxy) is 2. The molecule has 0 spiro atoms. The van der Waals surface area contributed by atoms with E-state index in [1.54, 1.807) is 6.08 Å². The molecule has 0 atom stereocenters. The van der Waals surface area contributed by atoms with Crippen LogP contribution in [-0.4, -0.2) is 32.4 Å². The van der Waals surface area contributed by atoms with Gasteiger partial charge in [-0.25, -0.2) is 0 Å². The monoisotopic (exact) mass is 254 g/mol. The minimum atomic E-state index is -1.39. The van der Waals surface area contributed by atoms with Crippen molar-refractivity contribution < 1.29 is 23.9 Å². The molecule has 0 saturated heterocycles. The smallest absolute Gasteiger partial charge is 0.323 e. The van der Waals surface area contributed by atoms with Crippen molar-refractivity contribution in [3.8, 4) is 0 Å². The van der Waals surface area contributed by atoms with Gasteiger partial charge in [0, 0.05) is 0 Å². The van der Waals surface area contributed by atoms with Crippen molar-refractivity contribution in [3.63, 3.8) is 0 Å². The van der Waals surface area contributed by atoms with Gasteiger partial charge in [0.1, 0.15) is 6.29 Å². The van der Waals surface area contributed by atoms with Crippen molar-refractivity contribution in [2.24, 2.45) is 5.41 Å². The summed E-state index contributed by atoms with van der Waals surface area (Å²) in [5.74, 6) is -1.32. The van der Waals surface area contributed by atoms with E-state index in [9.17, 15) is 14.4 Å². The topological polar surface area (TPSA) is 69.7 Å². The van der Waals surface area contributed by atoms with E-state index in [-0.39, 0.29) is 12.8 Å². The second-order valence-electron chi connectivity index (χ2n) is 3.66. The average Bonchev–Trinajstić information content (AvgIpc) is 2.40. The molecule has 0 heterocycles. The first-order valence-electron chi connectivity index (χ1n) is 5.47. The third-order valence-electron chi connectivity index (χ3n) is 2.60. The van der Waals surface area contributed by atoms with Gasteiger partial charge in [-0.05, 0) is 25.3 Å². The minimum Gasteiger partial charge on any atom is -0.468 e. The molecule has 0 N–H and O–H groups in total. The van der Waals surface area contributed by atoms with Crippen LogP contribution in [0.4, 0.5) is 0 Å². The number of allylic oxidation sites excluding steroid dienone is 3. The summed E-state index contributed by atoms with van der Waals surface area (Å²) in [6.45, 7) is 3.53. The summed E-state index contributed by atoms with van der Waals surface area (Å²) in [5.41, 5.74) is -1.39. The zero-order valence-electron chi connectivity index (χ0n) is 10.7. The third-order valence-corrected chi connectivity index (χ3v) is 2.60. The van der Waals surface area contributed by atoms with Gasteiger partial charge in [0.05, 0.1) is 14.2 Å². The van der Waals surface area contributed by atoms with E-state index < -0.39 is 17.4 Å². The summed E-state index contributed by atoms with van der Waals surface area (Å²) in [5, 5.41) is 0. The summed E-state index contributed by atoms with van der Waals surface area (Å²) in [4.78, 5) is 33.8. The summed E-state index contributed by atoms with van der Waals surface area (Å²) in [6, 6.07) is 0. The summed E-state index contributed by atoms with van der Waals surface area (Å²) in [6.07, 6.45) is 5.70. The number of esters is 2. The number of hydrogen-bond donors (Lipinski definition) is 0. The van der Waals surface area contributed by atoms with Crippen LogP contribution in [0.5, 0.6) is 0 Å². The van der Waals surface area contributed by atoms with Crippen molar-refractivity contribution in [3.05, 3.63) is 24.8 Å². The highest BCUT2D eigenvalue weighted by Crippen LogP contribution is 2.32. The maximum atomic E-state index is 11.8. The maximum absolute atomic E-state index is 11.8. The van der Waals surface area contributed by atoms with Crippen molar-refractivity contribution in [2.75, 3.05) is 14.2 Å². The van der Waals surface area contributed by atoms with E-state index in [1.807, 2.05) is 0 Å². The van der Waals surface area contributed by atoms with E-state index in [0.29, 0.717) is 12.7 Å². The van der Waals surface area contributed by atoms with Crippen LogP contribution in [0.25, 0.3) is 0 Å². The third kappa shape index (κ3) is 3.84. The molecule has 0 aromatic heterocycles. The molecule has 0 amide bonds. The second kappa shape index (κ2) is 8.22. The van der Waals surface area contributed by atoms with Crippen molar-refractivity contribution in [1.82, 2.24) is 0 Å². The molecule has 0 aliphatic rings. The quantitative estimate of drug-likeness (QED) is 0.215. The first-order chi connectivity index (χ1) is 8.58. The van der Waals surface area contributed by atoms with Crippen LogP contribution >= 0.6 is 0 Å². The Labute approximate surface area is 106 Å². The molecule has 100 valence electrons. The SMILES string of the molecule is C=CCC(CC/C=C/C=O)(C(=O)OC)C(=O)OC. The molecule has 5 nitrogen and oxygen atoms in total. The lowest BCUT2D eigenvalue weighted by atomic mass is 9.80. The van der Waals surface area contributed by atoms with Gasteiger partial charge in [-0.15, -0.1) is 6.58 Å². The highest BCUT2D eigenvalue weighted by Gasteiger charge is 2.46. The van der Waals surface area contributed by atoms with Gasteiger partial charge < -0.3 is 9.47 Å². The molecule has 0 aliphatic heterocycles. The van der Waals surface area contributed by atoms with Crippen LogP contribution in [0.2, 0.25) is 0 Å². The fraction of sp³-hybridized carbons (Fsp3) is 0.462. The van der Waals surface area contributed by atoms with Crippen LogP contribution < -0.4 is 0 Å². The van der Waals surface area contributed by atoms with Gasteiger partial charge in [0.15, 0.2) is 5.41 Å². The lowest BCUT2D eigenvalue weighted by Gasteiger charge is -2.26. The lowest BCUT2D eigenvalue weighted by Crippen LogP contribution is -2.40. The minimum absolute atomic E-state index is 0.126. The molecule has 0 radical (unpaired) electrons. The molecule has 0 aromatic carbocycles. The molecule has 0 rings (SSSR count). The highest BCUT2D eigenvalue weighted by molar-refractivity contribution is 6.00. The molecule has 0 aliphatic carbocycles. The lowest BCUT2D eigenvalue weighted by molar-refractivity contribution is -0.169. The maximum Gasteiger partial charge on any atom is 0.323 e. The average molecular weight is 254 g/mol. The van der Waals surface area contributed by atoms with Crippen molar-refractivity contribution >= 4 is 18.2 Å². The molecule has 0 unspecified atom stereocenters. The normalized spacial score (nSPS) is 11.0. The van der Waals surface area contributed by atoms with E-state index in [0.717, 1.165) is 0 Å². The standard InChI is InChI=1S/C13H18O5/c1-4-8-13(11(15)17-2,12(16)18-3)9-6-5-7-10-14/h4-5,7,10H,1,6,8-9H2,2-3H3/b7-5+. The van der Waals surface area contributed by atoms with Crippen LogP contribution in [0.1, 0.15) is 19.3 Å². The van der Waals surface area contributed by atoms with E-state index >= 15 is 0 Å². The Kier molecular flexibility index (Phi) is 7.35.